The maximum atomic E-state index is 11.7. The van der Waals surface area contributed by atoms with E-state index in [-0.39, 0.29) is 24.5 Å². The fraction of sp³-hybridized carbons (Fsp3) is 0.467. The fourth-order valence-electron chi connectivity index (χ4n) is 1.81. The molecule has 0 atom stereocenters. The predicted molar refractivity (Wildman–Crippen MR) is 84.7 cm³/mol. The fourth-order valence-corrected chi connectivity index (χ4v) is 2.48. The summed E-state index contributed by atoms with van der Waals surface area (Å²) in [6.45, 7) is 3.21. The van der Waals surface area contributed by atoms with Gasteiger partial charge in [-0.25, -0.2) is 8.42 Å². The van der Waals surface area contributed by atoms with Gasteiger partial charge < -0.3 is 10.4 Å². The Kier molecular flexibility index (Phi) is 5.71. The van der Waals surface area contributed by atoms with Gasteiger partial charge in [0, 0.05) is 18.4 Å². The molecular weight excluding hydrogens is 306 g/mol. The van der Waals surface area contributed by atoms with Crippen LogP contribution in [-0.2, 0) is 24.8 Å². The first-order valence-corrected chi connectivity index (χ1v) is 8.90. The zero-order valence-electron chi connectivity index (χ0n) is 12.9. The number of carbonyl (C=O) groups is 2. The number of amides is 1. The van der Waals surface area contributed by atoms with Crippen LogP contribution in [0.25, 0.3) is 0 Å². The Hall–Kier alpha value is -1.89. The minimum absolute atomic E-state index is 0.0217. The Bertz CT molecular complexity index is 647. The van der Waals surface area contributed by atoms with Crippen LogP contribution >= 0.6 is 0 Å². The van der Waals surface area contributed by atoms with Crippen molar-refractivity contribution in [1.29, 1.82) is 0 Å². The maximum absolute atomic E-state index is 11.7. The molecule has 0 aromatic heterocycles. The van der Waals surface area contributed by atoms with E-state index in [0.717, 1.165) is 6.26 Å². The number of hydrogen-bond acceptors (Lipinski definition) is 4. The molecule has 0 fully saturated rings. The van der Waals surface area contributed by atoms with E-state index in [2.05, 4.69) is 5.32 Å². The van der Waals surface area contributed by atoms with E-state index in [1.165, 1.54) is 0 Å². The molecule has 0 saturated heterocycles. The average Bonchev–Trinajstić information content (AvgIpc) is 2.37. The molecule has 0 aliphatic heterocycles. The third-order valence-electron chi connectivity index (χ3n) is 3.34. The number of aliphatic carboxylic acids is 1. The summed E-state index contributed by atoms with van der Waals surface area (Å²) in [6, 6.07) is 6.57. The van der Waals surface area contributed by atoms with Crippen LogP contribution in [0.1, 0.15) is 32.3 Å². The molecule has 0 heterocycles. The van der Waals surface area contributed by atoms with Gasteiger partial charge in [0.2, 0.25) is 5.91 Å². The lowest BCUT2D eigenvalue weighted by molar-refractivity contribution is -0.142. The highest BCUT2D eigenvalue weighted by Crippen LogP contribution is 2.24. The molecule has 7 heteroatoms. The largest absolute Gasteiger partial charge is 0.481 e. The Morgan fingerprint density at radius 1 is 1.18 bits per heavy atom. The number of hydrogen-bond donors (Lipinski definition) is 2. The van der Waals surface area contributed by atoms with Crippen molar-refractivity contribution >= 4 is 27.4 Å². The third kappa shape index (κ3) is 5.48. The molecule has 1 aromatic carbocycles. The zero-order valence-corrected chi connectivity index (χ0v) is 13.7. The summed E-state index contributed by atoms with van der Waals surface area (Å²) >= 11 is 0. The van der Waals surface area contributed by atoms with Gasteiger partial charge in [0.05, 0.1) is 11.2 Å². The van der Waals surface area contributed by atoms with Gasteiger partial charge in [-0.1, -0.05) is 12.1 Å². The Morgan fingerprint density at radius 3 is 2.18 bits per heavy atom. The van der Waals surface area contributed by atoms with Crippen molar-refractivity contribution in [3.05, 3.63) is 29.8 Å². The van der Waals surface area contributed by atoms with Crippen molar-refractivity contribution in [2.24, 2.45) is 0 Å². The molecule has 0 bridgehead atoms. The van der Waals surface area contributed by atoms with Crippen molar-refractivity contribution in [2.75, 3.05) is 17.3 Å². The standard InChI is InChI=1S/C15H21NO5S/c1-15(2,14(18)19)11-6-8-12(9-7-11)16-13(17)5-4-10-22(3,20)21/h6-9H,4-5,10H2,1-3H3,(H,16,17)(H,18,19). The molecule has 22 heavy (non-hydrogen) atoms. The van der Waals surface area contributed by atoms with Crippen LogP contribution in [0.5, 0.6) is 0 Å². The van der Waals surface area contributed by atoms with Gasteiger partial charge in [-0.3, -0.25) is 9.59 Å². The number of nitrogens with one attached hydrogen (secondary N) is 1. The van der Waals surface area contributed by atoms with Crippen LogP contribution in [0.3, 0.4) is 0 Å². The second kappa shape index (κ2) is 6.91. The van der Waals surface area contributed by atoms with E-state index in [9.17, 15) is 18.0 Å². The highest BCUT2D eigenvalue weighted by atomic mass is 32.2. The van der Waals surface area contributed by atoms with Gasteiger partial charge in [0.1, 0.15) is 9.84 Å². The zero-order chi connectivity index (χ0) is 17.0. The van der Waals surface area contributed by atoms with E-state index in [1.807, 2.05) is 0 Å². The third-order valence-corrected chi connectivity index (χ3v) is 4.37. The first-order chi connectivity index (χ1) is 10.0. The molecule has 122 valence electrons. The Balaban J connectivity index is 2.61. The van der Waals surface area contributed by atoms with E-state index in [1.54, 1.807) is 38.1 Å². The molecule has 1 rings (SSSR count). The summed E-state index contributed by atoms with van der Waals surface area (Å²) in [5.74, 6) is -1.22. The second-order valence-electron chi connectivity index (χ2n) is 5.79. The van der Waals surface area contributed by atoms with Crippen molar-refractivity contribution < 1.29 is 23.1 Å². The molecule has 0 spiro atoms. The summed E-state index contributed by atoms with van der Waals surface area (Å²) in [7, 11) is -3.06. The summed E-state index contributed by atoms with van der Waals surface area (Å²) in [5, 5.41) is 11.8. The van der Waals surface area contributed by atoms with Crippen LogP contribution in [-0.4, -0.2) is 37.4 Å². The molecule has 0 aliphatic carbocycles. The Morgan fingerprint density at radius 2 is 1.73 bits per heavy atom. The van der Waals surface area contributed by atoms with Gasteiger partial charge in [-0.05, 0) is 38.0 Å². The summed E-state index contributed by atoms with van der Waals surface area (Å²) in [5.41, 5.74) is 0.183. The molecule has 2 N–H and O–H groups in total. The summed E-state index contributed by atoms with van der Waals surface area (Å²) < 4.78 is 22.0. The number of benzene rings is 1. The lowest BCUT2D eigenvalue weighted by Crippen LogP contribution is -2.28. The van der Waals surface area contributed by atoms with E-state index in [0.29, 0.717) is 11.3 Å². The number of anilines is 1. The van der Waals surface area contributed by atoms with E-state index >= 15 is 0 Å². The predicted octanol–water partition coefficient (Wildman–Crippen LogP) is 1.81. The van der Waals surface area contributed by atoms with Gasteiger partial charge in [-0.15, -0.1) is 0 Å². The number of carboxylic acid groups (broad SMARTS) is 1. The molecule has 1 amide bonds. The highest BCUT2D eigenvalue weighted by Gasteiger charge is 2.29. The molecular formula is C15H21NO5S. The van der Waals surface area contributed by atoms with Crippen LogP contribution in [0, 0.1) is 0 Å². The van der Waals surface area contributed by atoms with Crippen molar-refractivity contribution in [3.8, 4) is 0 Å². The van der Waals surface area contributed by atoms with E-state index in [4.69, 9.17) is 5.11 Å². The minimum atomic E-state index is -3.06. The smallest absolute Gasteiger partial charge is 0.313 e. The first-order valence-electron chi connectivity index (χ1n) is 6.84. The highest BCUT2D eigenvalue weighted by molar-refractivity contribution is 7.90. The number of carbonyl (C=O) groups excluding carboxylic acids is 1. The van der Waals surface area contributed by atoms with Crippen molar-refractivity contribution in [3.63, 3.8) is 0 Å². The normalized spacial score (nSPS) is 12.0. The first kappa shape index (κ1) is 18.2. The lowest BCUT2D eigenvalue weighted by atomic mass is 9.85. The van der Waals surface area contributed by atoms with Crippen LogP contribution in [0.15, 0.2) is 24.3 Å². The SMILES string of the molecule is CC(C)(C(=O)O)c1ccc(NC(=O)CCCS(C)(=O)=O)cc1. The summed E-state index contributed by atoms with van der Waals surface area (Å²) in [4.78, 5) is 22.9. The molecule has 0 unspecified atom stereocenters. The number of carboxylic acids is 1. The van der Waals surface area contributed by atoms with Gasteiger partial charge >= 0.3 is 5.97 Å². The molecule has 0 radical (unpaired) electrons. The topological polar surface area (TPSA) is 101 Å². The van der Waals surface area contributed by atoms with Gasteiger partial charge in [0.25, 0.3) is 0 Å². The van der Waals surface area contributed by atoms with Crippen LogP contribution in [0.2, 0.25) is 0 Å². The van der Waals surface area contributed by atoms with Crippen LogP contribution in [0.4, 0.5) is 5.69 Å². The molecule has 1 aromatic rings. The van der Waals surface area contributed by atoms with Crippen LogP contribution < -0.4 is 5.32 Å². The number of rotatable bonds is 7. The Labute approximate surface area is 130 Å². The molecule has 0 saturated carbocycles. The number of sulfone groups is 1. The van der Waals surface area contributed by atoms with Gasteiger partial charge in [-0.2, -0.15) is 0 Å². The van der Waals surface area contributed by atoms with Crippen molar-refractivity contribution in [1.82, 2.24) is 0 Å². The quantitative estimate of drug-likeness (QED) is 0.795. The van der Waals surface area contributed by atoms with E-state index < -0.39 is 21.2 Å². The van der Waals surface area contributed by atoms with Gasteiger partial charge in [0.15, 0.2) is 0 Å². The molecule has 6 nitrogen and oxygen atoms in total. The lowest BCUT2D eigenvalue weighted by Gasteiger charge is -2.19. The molecule has 0 aliphatic rings. The van der Waals surface area contributed by atoms with Crippen molar-refractivity contribution in [2.45, 2.75) is 32.1 Å². The second-order valence-corrected chi connectivity index (χ2v) is 8.05. The minimum Gasteiger partial charge on any atom is -0.481 e. The summed E-state index contributed by atoms with van der Waals surface area (Å²) in [6.07, 6.45) is 1.53. The monoisotopic (exact) mass is 327 g/mol. The maximum Gasteiger partial charge on any atom is 0.313 e. The average molecular weight is 327 g/mol.